The molecule has 0 radical (unpaired) electrons. The Kier molecular flexibility index (Phi) is 8.56. The predicted octanol–water partition coefficient (Wildman–Crippen LogP) is 4.08. The lowest BCUT2D eigenvalue weighted by molar-refractivity contribution is 0.215. The van der Waals surface area contributed by atoms with E-state index in [1.165, 1.54) is 17.2 Å². The first-order valence-corrected chi connectivity index (χ1v) is 11.3. The molecule has 0 saturated carbocycles. The van der Waals surface area contributed by atoms with Gasteiger partial charge in [0.2, 0.25) is 0 Å². The Morgan fingerprint density at radius 2 is 1.52 bits per heavy atom. The summed E-state index contributed by atoms with van der Waals surface area (Å²) in [6, 6.07) is 2.01. The minimum Gasteiger partial charge on any atom is -0.344 e. The molecule has 0 fully saturated rings. The number of hydrogen-bond acceptors (Lipinski definition) is 8. The molecule has 0 aliphatic carbocycles. The van der Waals surface area contributed by atoms with E-state index >= 15 is 0 Å². The van der Waals surface area contributed by atoms with Gasteiger partial charge in [-0.3, -0.25) is 9.13 Å². The van der Waals surface area contributed by atoms with Gasteiger partial charge in [-0.05, 0) is 33.8 Å². The van der Waals surface area contributed by atoms with E-state index < -0.39 is 20.9 Å². The normalized spacial score (nSPS) is 18.6. The van der Waals surface area contributed by atoms with Crippen LogP contribution in [-0.2, 0) is 27.2 Å². The molecule has 0 spiro atoms. The molecule has 0 aromatic heterocycles. The van der Waals surface area contributed by atoms with E-state index in [4.69, 9.17) is 18.1 Å². The van der Waals surface area contributed by atoms with Gasteiger partial charge in [-0.1, -0.05) is 0 Å². The van der Waals surface area contributed by atoms with Crippen molar-refractivity contribution in [2.24, 2.45) is 0 Å². The predicted molar refractivity (Wildman–Crippen MR) is 95.0 cm³/mol. The maximum Gasteiger partial charge on any atom is 0.377 e. The molecule has 8 nitrogen and oxygen atoms in total. The number of nitrogens with zero attached hydrogens (tertiary/aromatic N) is 2. The maximum atomic E-state index is 13.2. The zero-order valence-electron chi connectivity index (χ0n) is 15.3. The number of nitriles is 1. The summed E-state index contributed by atoms with van der Waals surface area (Å²) in [4.78, 5) is 1.49. The third kappa shape index (κ3) is 5.04. The molecule has 0 aromatic rings. The molecule has 0 bridgehead atoms. The molecule has 10 heteroatoms. The Hall–Kier alpha value is -0.930. The van der Waals surface area contributed by atoms with Gasteiger partial charge in [0.15, 0.2) is 0 Å². The summed E-state index contributed by atoms with van der Waals surface area (Å²) in [5, 5.41) is 9.44. The van der Waals surface area contributed by atoms with Crippen molar-refractivity contribution in [3.05, 3.63) is 23.3 Å². The van der Waals surface area contributed by atoms with Gasteiger partial charge in [-0.2, -0.15) is 5.26 Å². The highest BCUT2D eigenvalue weighted by Crippen LogP contribution is 2.62. The largest absolute Gasteiger partial charge is 0.377 e. The lowest BCUT2D eigenvalue weighted by Gasteiger charge is -2.33. The van der Waals surface area contributed by atoms with Gasteiger partial charge < -0.3 is 23.0 Å². The quantitative estimate of drug-likeness (QED) is 0.513. The Bertz CT molecular complexity index is 635. The van der Waals surface area contributed by atoms with Crippen molar-refractivity contribution in [2.75, 3.05) is 33.5 Å². The molecule has 1 aliphatic rings. The van der Waals surface area contributed by atoms with E-state index in [0.29, 0.717) is 0 Å². The molecule has 0 saturated heterocycles. The van der Waals surface area contributed by atoms with Crippen molar-refractivity contribution in [1.82, 2.24) is 4.90 Å². The lowest BCUT2D eigenvalue weighted by atomic mass is 10.2. The zero-order valence-corrected chi connectivity index (χ0v) is 17.1. The van der Waals surface area contributed by atoms with E-state index in [9.17, 15) is 14.4 Å². The summed E-state index contributed by atoms with van der Waals surface area (Å²) in [6.07, 6.45) is 2.89. The molecule has 142 valence electrons. The van der Waals surface area contributed by atoms with Gasteiger partial charge in [0.25, 0.3) is 0 Å². The molecule has 1 heterocycles. The van der Waals surface area contributed by atoms with Gasteiger partial charge in [0.05, 0.1) is 38.1 Å². The van der Waals surface area contributed by atoms with Crippen molar-refractivity contribution in [1.29, 1.82) is 5.26 Å². The Balaban J connectivity index is 3.45. The molecule has 0 aromatic carbocycles. The third-order valence-corrected chi connectivity index (χ3v) is 7.85. The van der Waals surface area contributed by atoms with Crippen LogP contribution >= 0.6 is 15.2 Å². The second kappa shape index (κ2) is 9.68. The molecule has 1 unspecified atom stereocenters. The topological polar surface area (TPSA) is 98.1 Å². The van der Waals surface area contributed by atoms with Crippen LogP contribution in [0.4, 0.5) is 0 Å². The molecule has 25 heavy (non-hydrogen) atoms. The van der Waals surface area contributed by atoms with Crippen LogP contribution in [0.3, 0.4) is 0 Å². The average molecular weight is 392 g/mol. The van der Waals surface area contributed by atoms with Crippen LogP contribution in [0.25, 0.3) is 0 Å². The fourth-order valence-corrected chi connectivity index (χ4v) is 6.22. The van der Waals surface area contributed by atoms with Crippen LogP contribution in [0.2, 0.25) is 0 Å². The fraction of sp³-hybridized carbons (Fsp3) is 0.667. The van der Waals surface area contributed by atoms with Crippen molar-refractivity contribution >= 4 is 15.2 Å². The van der Waals surface area contributed by atoms with E-state index in [1.54, 1.807) is 34.7 Å². The number of hydrogen-bond donors (Lipinski definition) is 0. The van der Waals surface area contributed by atoms with Crippen LogP contribution in [0.15, 0.2) is 23.3 Å². The van der Waals surface area contributed by atoms with Crippen molar-refractivity contribution < 1.29 is 27.2 Å². The van der Waals surface area contributed by atoms with Gasteiger partial charge in [-0.25, -0.2) is 0 Å². The van der Waals surface area contributed by atoms with Crippen LogP contribution in [0, 0.1) is 11.3 Å². The van der Waals surface area contributed by atoms with Crippen LogP contribution in [0.5, 0.6) is 0 Å². The third-order valence-electron chi connectivity index (χ3n) is 3.29. The van der Waals surface area contributed by atoms with Crippen molar-refractivity contribution in [3.8, 4) is 6.07 Å². The van der Waals surface area contributed by atoms with Crippen LogP contribution < -0.4 is 0 Å². The SMILES string of the molecule is CCOP(=O)(OCC)C1=CC(P(=O)(OCC)OCC)C(C#N)=CN1C. The second-order valence-corrected chi connectivity index (χ2v) is 9.11. The van der Waals surface area contributed by atoms with Crippen LogP contribution in [-0.4, -0.2) is 44.0 Å². The van der Waals surface area contributed by atoms with Gasteiger partial charge in [0, 0.05) is 13.2 Å². The summed E-state index contributed by atoms with van der Waals surface area (Å²) in [7, 11) is -5.68. The summed E-state index contributed by atoms with van der Waals surface area (Å²) in [5.74, 6) is 0. The maximum absolute atomic E-state index is 13.2. The minimum atomic E-state index is -3.66. The van der Waals surface area contributed by atoms with E-state index in [2.05, 4.69) is 0 Å². The van der Waals surface area contributed by atoms with Gasteiger partial charge in [-0.15, -0.1) is 0 Å². The Morgan fingerprint density at radius 3 is 1.92 bits per heavy atom. The van der Waals surface area contributed by atoms with Crippen molar-refractivity contribution in [3.63, 3.8) is 0 Å². The molecule has 1 aliphatic heterocycles. The highest BCUT2D eigenvalue weighted by Gasteiger charge is 2.44. The fourth-order valence-electron chi connectivity index (χ4n) is 2.41. The van der Waals surface area contributed by atoms with Crippen LogP contribution in [0.1, 0.15) is 27.7 Å². The molecular formula is C15H26N2O6P2. The first-order chi connectivity index (χ1) is 11.8. The second-order valence-electron chi connectivity index (χ2n) is 4.99. The number of allylic oxidation sites excluding steroid dienone is 2. The molecular weight excluding hydrogens is 366 g/mol. The van der Waals surface area contributed by atoms with E-state index in [-0.39, 0.29) is 37.4 Å². The average Bonchev–Trinajstić information content (AvgIpc) is 2.55. The Labute approximate surface area is 149 Å². The molecule has 1 atom stereocenters. The van der Waals surface area contributed by atoms with Gasteiger partial charge >= 0.3 is 15.2 Å². The van der Waals surface area contributed by atoms with Crippen molar-refractivity contribution in [2.45, 2.75) is 33.4 Å². The standard InChI is InChI=1S/C15H26N2O6P2/c1-6-20-24(18,21-7-2)14-10-15(17(5)12-13(14)11-16)25(19,22-8-3)23-9-4/h10,12,14H,6-9H2,1-5H3. The monoisotopic (exact) mass is 392 g/mol. The Morgan fingerprint density at radius 1 is 1.04 bits per heavy atom. The first kappa shape index (κ1) is 22.1. The zero-order chi connectivity index (χ0) is 19.1. The minimum absolute atomic E-state index is 0.153. The summed E-state index contributed by atoms with van der Waals surface area (Å²) in [5.41, 5.74) is -0.575. The van der Waals surface area contributed by atoms with E-state index in [1.807, 2.05) is 6.07 Å². The van der Waals surface area contributed by atoms with Gasteiger partial charge in [0.1, 0.15) is 11.1 Å². The summed E-state index contributed by atoms with van der Waals surface area (Å²) >= 11 is 0. The highest BCUT2D eigenvalue weighted by molar-refractivity contribution is 7.58. The smallest absolute Gasteiger partial charge is 0.344 e. The molecule has 0 amide bonds. The summed E-state index contributed by atoms with van der Waals surface area (Å²) in [6.45, 7) is 7.44. The first-order valence-electron chi connectivity index (χ1n) is 8.16. The summed E-state index contributed by atoms with van der Waals surface area (Å²) < 4.78 is 47.8. The number of rotatable bonds is 10. The van der Waals surface area contributed by atoms with E-state index in [0.717, 1.165) is 0 Å². The highest BCUT2D eigenvalue weighted by atomic mass is 31.2. The molecule has 1 rings (SSSR count). The lowest BCUT2D eigenvalue weighted by Crippen LogP contribution is -2.25. The molecule has 0 N–H and O–H groups in total.